The van der Waals surface area contributed by atoms with E-state index in [-0.39, 0.29) is 0 Å². The number of hydrogen-bond donors (Lipinski definition) is 1. The average Bonchev–Trinajstić information content (AvgIpc) is 2.42. The van der Waals surface area contributed by atoms with E-state index >= 15 is 0 Å². The summed E-state index contributed by atoms with van der Waals surface area (Å²) in [6.07, 6.45) is 0. The van der Waals surface area contributed by atoms with Gasteiger partial charge in [-0.05, 0) is 37.7 Å². The maximum Gasteiger partial charge on any atom is 0.123 e. The van der Waals surface area contributed by atoms with Crippen LogP contribution in [0.15, 0.2) is 18.2 Å². The Kier molecular flexibility index (Phi) is 7.87. The summed E-state index contributed by atoms with van der Waals surface area (Å²) < 4.78 is 5.72. The van der Waals surface area contributed by atoms with Crippen molar-refractivity contribution in [3.63, 3.8) is 0 Å². The van der Waals surface area contributed by atoms with Crippen LogP contribution in [-0.2, 0) is 0 Å². The van der Waals surface area contributed by atoms with Gasteiger partial charge >= 0.3 is 0 Å². The first-order chi connectivity index (χ1) is 9.17. The van der Waals surface area contributed by atoms with E-state index in [0.29, 0.717) is 6.61 Å². The monoisotopic (exact) mass is 284 g/mol. The van der Waals surface area contributed by atoms with E-state index < -0.39 is 0 Å². The lowest BCUT2D eigenvalue weighted by Gasteiger charge is -2.18. The second-order valence-electron chi connectivity index (χ2n) is 4.54. The van der Waals surface area contributed by atoms with E-state index in [1.807, 2.05) is 25.1 Å². The Morgan fingerprint density at radius 1 is 1.21 bits per heavy atom. The molecule has 1 N–H and O–H groups in total. The van der Waals surface area contributed by atoms with Crippen LogP contribution in [0.5, 0.6) is 5.75 Å². The van der Waals surface area contributed by atoms with Gasteiger partial charge < -0.3 is 15.0 Å². The van der Waals surface area contributed by atoms with Gasteiger partial charge in [0, 0.05) is 24.7 Å². The molecule has 108 valence electrons. The minimum absolute atomic E-state index is 0.666. The molecule has 4 heteroatoms. The fourth-order valence-corrected chi connectivity index (χ4v) is 2.03. The van der Waals surface area contributed by atoms with E-state index in [0.717, 1.165) is 49.1 Å². The maximum absolute atomic E-state index is 5.94. The Hall–Kier alpha value is -0.770. The maximum atomic E-state index is 5.94. The molecule has 0 fully saturated rings. The molecule has 0 saturated heterocycles. The first-order valence-corrected chi connectivity index (χ1v) is 7.37. The molecular weight excluding hydrogens is 260 g/mol. The van der Waals surface area contributed by atoms with Crippen molar-refractivity contribution in [2.24, 2.45) is 0 Å². The largest absolute Gasteiger partial charge is 0.492 e. The van der Waals surface area contributed by atoms with Gasteiger partial charge in [0.15, 0.2) is 0 Å². The molecule has 1 aromatic rings. The predicted octanol–water partition coefficient (Wildman–Crippen LogP) is 2.96. The lowest BCUT2D eigenvalue weighted by Crippen LogP contribution is -2.33. The number of rotatable bonds is 9. The molecule has 0 bridgehead atoms. The molecule has 0 radical (unpaired) electrons. The van der Waals surface area contributed by atoms with Gasteiger partial charge in [0.05, 0.1) is 0 Å². The smallest absolute Gasteiger partial charge is 0.123 e. The second kappa shape index (κ2) is 9.18. The summed E-state index contributed by atoms with van der Waals surface area (Å²) in [6, 6.07) is 5.73. The Morgan fingerprint density at radius 3 is 2.63 bits per heavy atom. The molecule has 19 heavy (non-hydrogen) atoms. The molecule has 0 unspecified atom stereocenters. The molecule has 0 aliphatic heterocycles. The van der Waals surface area contributed by atoms with Gasteiger partial charge in [0.2, 0.25) is 0 Å². The summed E-state index contributed by atoms with van der Waals surface area (Å²) in [7, 11) is 0. The highest BCUT2D eigenvalue weighted by Crippen LogP contribution is 2.22. The van der Waals surface area contributed by atoms with Crippen LogP contribution in [0.25, 0.3) is 0 Å². The number of nitrogens with zero attached hydrogens (tertiary/aromatic N) is 1. The third kappa shape index (κ3) is 6.28. The van der Waals surface area contributed by atoms with Crippen molar-refractivity contribution < 1.29 is 4.74 Å². The molecule has 0 aliphatic carbocycles. The third-order valence-electron chi connectivity index (χ3n) is 3.19. The predicted molar refractivity (Wildman–Crippen MR) is 82.3 cm³/mol. The highest BCUT2D eigenvalue weighted by atomic mass is 35.5. The lowest BCUT2D eigenvalue weighted by atomic mass is 10.2. The quantitative estimate of drug-likeness (QED) is 0.706. The summed E-state index contributed by atoms with van der Waals surface area (Å²) in [5, 5.41) is 4.11. The SMILES string of the molecule is CCN(CC)CCNCCOc1cc(Cl)ccc1C. The van der Waals surface area contributed by atoms with Crippen LogP contribution in [0.2, 0.25) is 5.02 Å². The van der Waals surface area contributed by atoms with Gasteiger partial charge in [-0.2, -0.15) is 0 Å². The Labute approximate surface area is 121 Å². The van der Waals surface area contributed by atoms with Crippen molar-refractivity contribution in [1.82, 2.24) is 10.2 Å². The number of ether oxygens (including phenoxy) is 1. The fraction of sp³-hybridized carbons (Fsp3) is 0.600. The number of aryl methyl sites for hydroxylation is 1. The van der Waals surface area contributed by atoms with Crippen molar-refractivity contribution in [2.45, 2.75) is 20.8 Å². The summed E-state index contributed by atoms with van der Waals surface area (Å²) in [5.41, 5.74) is 1.12. The minimum Gasteiger partial charge on any atom is -0.492 e. The zero-order chi connectivity index (χ0) is 14.1. The van der Waals surface area contributed by atoms with Crippen LogP contribution in [-0.4, -0.2) is 44.2 Å². The van der Waals surface area contributed by atoms with Gasteiger partial charge in [-0.15, -0.1) is 0 Å². The topological polar surface area (TPSA) is 24.5 Å². The second-order valence-corrected chi connectivity index (χ2v) is 4.97. The molecule has 0 aromatic heterocycles. The van der Waals surface area contributed by atoms with Crippen molar-refractivity contribution >= 4 is 11.6 Å². The minimum atomic E-state index is 0.666. The molecule has 0 heterocycles. The number of halogens is 1. The fourth-order valence-electron chi connectivity index (χ4n) is 1.86. The molecule has 0 atom stereocenters. The molecule has 1 rings (SSSR count). The van der Waals surface area contributed by atoms with Crippen LogP contribution < -0.4 is 10.1 Å². The summed E-state index contributed by atoms with van der Waals surface area (Å²) >= 11 is 5.94. The van der Waals surface area contributed by atoms with E-state index in [4.69, 9.17) is 16.3 Å². The van der Waals surface area contributed by atoms with Crippen molar-refractivity contribution in [2.75, 3.05) is 39.3 Å². The van der Waals surface area contributed by atoms with E-state index in [2.05, 4.69) is 24.1 Å². The van der Waals surface area contributed by atoms with E-state index in [9.17, 15) is 0 Å². The highest BCUT2D eigenvalue weighted by molar-refractivity contribution is 6.30. The van der Waals surface area contributed by atoms with E-state index in [1.54, 1.807) is 0 Å². The zero-order valence-corrected chi connectivity index (χ0v) is 13.0. The average molecular weight is 285 g/mol. The van der Waals surface area contributed by atoms with Crippen molar-refractivity contribution in [3.8, 4) is 5.75 Å². The molecular formula is C15H25ClN2O. The number of benzene rings is 1. The number of hydrogen-bond acceptors (Lipinski definition) is 3. The molecule has 3 nitrogen and oxygen atoms in total. The zero-order valence-electron chi connectivity index (χ0n) is 12.2. The Bertz CT molecular complexity index is 367. The normalized spacial score (nSPS) is 11.0. The van der Waals surface area contributed by atoms with Gasteiger partial charge in [0.1, 0.15) is 12.4 Å². The molecule has 0 spiro atoms. The van der Waals surface area contributed by atoms with Crippen molar-refractivity contribution in [3.05, 3.63) is 28.8 Å². The Morgan fingerprint density at radius 2 is 1.95 bits per heavy atom. The van der Waals surface area contributed by atoms with Crippen LogP contribution >= 0.6 is 11.6 Å². The lowest BCUT2D eigenvalue weighted by molar-refractivity contribution is 0.285. The van der Waals surface area contributed by atoms with E-state index in [1.165, 1.54) is 0 Å². The highest BCUT2D eigenvalue weighted by Gasteiger charge is 2.01. The van der Waals surface area contributed by atoms with Crippen LogP contribution in [0, 0.1) is 6.92 Å². The van der Waals surface area contributed by atoms with Gasteiger partial charge in [-0.1, -0.05) is 31.5 Å². The molecule has 0 amide bonds. The molecule has 0 aliphatic rings. The third-order valence-corrected chi connectivity index (χ3v) is 3.42. The molecule has 0 saturated carbocycles. The van der Waals surface area contributed by atoms with Gasteiger partial charge in [-0.3, -0.25) is 0 Å². The number of nitrogens with one attached hydrogen (secondary N) is 1. The first-order valence-electron chi connectivity index (χ1n) is 6.99. The van der Waals surface area contributed by atoms with Crippen LogP contribution in [0.3, 0.4) is 0 Å². The standard InChI is InChI=1S/C15H25ClN2O/c1-4-18(5-2)10-8-17-9-11-19-15-12-14(16)7-6-13(15)3/h6-7,12,17H,4-5,8-11H2,1-3H3. The van der Waals surface area contributed by atoms with Crippen LogP contribution in [0.1, 0.15) is 19.4 Å². The summed E-state index contributed by atoms with van der Waals surface area (Å²) in [6.45, 7) is 12.2. The summed E-state index contributed by atoms with van der Waals surface area (Å²) in [5.74, 6) is 0.873. The summed E-state index contributed by atoms with van der Waals surface area (Å²) in [4.78, 5) is 2.40. The van der Waals surface area contributed by atoms with Crippen LogP contribution in [0.4, 0.5) is 0 Å². The number of likely N-dealkylation sites (N-methyl/N-ethyl adjacent to an activating group) is 1. The molecule has 1 aromatic carbocycles. The van der Waals surface area contributed by atoms with Crippen molar-refractivity contribution in [1.29, 1.82) is 0 Å². The Balaban J connectivity index is 2.15. The van der Waals surface area contributed by atoms with Gasteiger partial charge in [-0.25, -0.2) is 0 Å². The first kappa shape index (κ1) is 16.3. The van der Waals surface area contributed by atoms with Gasteiger partial charge in [0.25, 0.3) is 0 Å².